The minimum absolute atomic E-state index is 0.0619. The molecule has 44 heavy (non-hydrogen) atoms. The molecule has 1 saturated heterocycles. The maximum absolute atomic E-state index is 13.7. The van der Waals surface area contributed by atoms with Gasteiger partial charge in [0.05, 0.1) is 30.5 Å². The molecule has 5 fully saturated rings. The Kier molecular flexibility index (Phi) is 7.31. The van der Waals surface area contributed by atoms with Gasteiger partial charge in [0.1, 0.15) is 12.2 Å². The number of ether oxygens (including phenoxy) is 6. The molecule has 7 rings (SSSR count). The highest BCUT2D eigenvalue weighted by molar-refractivity contribution is 5.89. The van der Waals surface area contributed by atoms with E-state index in [-0.39, 0.29) is 29.9 Å². The lowest BCUT2D eigenvalue weighted by atomic mass is 9.44. The van der Waals surface area contributed by atoms with E-state index < -0.39 is 64.6 Å². The number of hydrogen-bond acceptors (Lipinski definition) is 10. The van der Waals surface area contributed by atoms with Gasteiger partial charge >= 0.3 is 11.9 Å². The lowest BCUT2D eigenvalue weighted by Gasteiger charge is -2.68. The summed E-state index contributed by atoms with van der Waals surface area (Å²) in [6.07, 6.45) is 1.84. The molecule has 10 heteroatoms. The third kappa shape index (κ3) is 3.53. The van der Waals surface area contributed by atoms with Gasteiger partial charge in [-0.15, -0.1) is 0 Å². The van der Waals surface area contributed by atoms with Gasteiger partial charge in [-0.1, -0.05) is 37.3 Å². The number of nitrogens with zero attached hydrogens (tertiary/aromatic N) is 1. The average Bonchev–Trinajstić information content (AvgIpc) is 3.45. The van der Waals surface area contributed by atoms with Gasteiger partial charge in [0.2, 0.25) is 0 Å². The lowest BCUT2D eigenvalue weighted by molar-refractivity contribution is -0.294. The highest BCUT2D eigenvalue weighted by Crippen LogP contribution is 2.79. The zero-order valence-corrected chi connectivity index (χ0v) is 26.4. The van der Waals surface area contributed by atoms with Crippen molar-refractivity contribution in [1.29, 1.82) is 0 Å². The molecule has 1 heterocycles. The molecule has 14 atom stereocenters. The molecule has 240 valence electrons. The highest BCUT2D eigenvalue weighted by atomic mass is 16.6. The Hall–Kier alpha value is -2.34. The number of carbonyl (C=O) groups is 2. The van der Waals surface area contributed by atoms with E-state index in [1.54, 1.807) is 52.7 Å². The van der Waals surface area contributed by atoms with E-state index >= 15 is 0 Å². The van der Waals surface area contributed by atoms with Crippen LogP contribution in [0.25, 0.3) is 0 Å². The minimum atomic E-state index is -1.44. The molecule has 0 aromatic heterocycles. The molecule has 1 aromatic carbocycles. The number of benzene rings is 1. The largest absolute Gasteiger partial charge is 0.458 e. The van der Waals surface area contributed by atoms with Crippen LogP contribution in [0.2, 0.25) is 0 Å². The summed E-state index contributed by atoms with van der Waals surface area (Å²) in [6, 6.07) is 8.79. The second-order valence-electron chi connectivity index (χ2n) is 13.8. The Morgan fingerprint density at radius 1 is 1.00 bits per heavy atom. The van der Waals surface area contributed by atoms with Gasteiger partial charge in [0.25, 0.3) is 0 Å². The summed E-state index contributed by atoms with van der Waals surface area (Å²) in [6.45, 7) is 5.51. The minimum Gasteiger partial charge on any atom is -0.458 e. The Bertz CT molecular complexity index is 1320. The van der Waals surface area contributed by atoms with E-state index in [9.17, 15) is 14.7 Å². The molecule has 0 amide bonds. The number of aliphatic hydroxyl groups is 1. The van der Waals surface area contributed by atoms with Crippen LogP contribution in [0.15, 0.2) is 42.5 Å². The van der Waals surface area contributed by atoms with Crippen molar-refractivity contribution in [3.8, 4) is 0 Å². The van der Waals surface area contributed by atoms with Gasteiger partial charge in [-0.25, -0.2) is 4.79 Å². The van der Waals surface area contributed by atoms with Crippen LogP contribution in [0.3, 0.4) is 0 Å². The second-order valence-corrected chi connectivity index (χ2v) is 13.8. The van der Waals surface area contributed by atoms with Crippen LogP contribution in [0.5, 0.6) is 0 Å². The molecule has 0 radical (unpaired) electrons. The normalized spacial score (nSPS) is 47.8. The molecule has 7 bridgehead atoms. The predicted octanol–water partition coefficient (Wildman–Crippen LogP) is 2.34. The molecule has 1 aliphatic heterocycles. The van der Waals surface area contributed by atoms with E-state index in [2.05, 4.69) is 24.0 Å². The van der Waals surface area contributed by atoms with Crippen molar-refractivity contribution in [1.82, 2.24) is 4.90 Å². The Morgan fingerprint density at radius 2 is 1.73 bits per heavy atom. The topological polar surface area (TPSA) is 113 Å². The van der Waals surface area contributed by atoms with E-state index in [0.717, 1.165) is 13.1 Å². The first-order valence-corrected chi connectivity index (χ1v) is 15.9. The summed E-state index contributed by atoms with van der Waals surface area (Å²) in [4.78, 5) is 29.4. The third-order valence-corrected chi connectivity index (χ3v) is 12.5. The fourth-order valence-corrected chi connectivity index (χ4v) is 11.8. The monoisotopic (exact) mass is 611 g/mol. The van der Waals surface area contributed by atoms with Gasteiger partial charge in [-0.3, -0.25) is 9.69 Å². The lowest BCUT2D eigenvalue weighted by Crippen LogP contribution is -2.79. The van der Waals surface area contributed by atoms with Crippen molar-refractivity contribution in [3.63, 3.8) is 0 Å². The third-order valence-electron chi connectivity index (χ3n) is 12.5. The van der Waals surface area contributed by atoms with Crippen LogP contribution in [0.1, 0.15) is 30.6 Å². The number of fused-ring (bicyclic) bond motifs is 2. The zero-order chi connectivity index (χ0) is 31.2. The van der Waals surface area contributed by atoms with Crippen LogP contribution in [0.4, 0.5) is 0 Å². The number of carbonyl (C=O) groups excluding carboxylic acids is 2. The predicted molar refractivity (Wildman–Crippen MR) is 158 cm³/mol. The van der Waals surface area contributed by atoms with Crippen molar-refractivity contribution in [2.75, 3.05) is 48.1 Å². The van der Waals surface area contributed by atoms with Crippen molar-refractivity contribution < 1.29 is 43.1 Å². The average molecular weight is 612 g/mol. The summed E-state index contributed by atoms with van der Waals surface area (Å²) in [5.74, 6) is -2.43. The fourth-order valence-electron chi connectivity index (χ4n) is 11.8. The molecular weight excluding hydrogens is 566 g/mol. The van der Waals surface area contributed by atoms with E-state index in [1.807, 2.05) is 6.07 Å². The first-order chi connectivity index (χ1) is 21.2. The van der Waals surface area contributed by atoms with Crippen molar-refractivity contribution in [3.05, 3.63) is 48.0 Å². The van der Waals surface area contributed by atoms with E-state index in [4.69, 9.17) is 28.4 Å². The standard InChI is InChI=1S/C34H45NO9/c1-7-35-16-32(17-39-3)14-13-22(40-4)33-21-15-20-25(43-31(38)19-11-9-8-10-12-19)23(21)34(44-18(2)36,30(37)26(20)41-5)24(29(33)35)27(42-6)28(32)33/h8-14,20-30,37H,7,15-17H2,1-6H3/t20-,21+,22-,23+,24-,25-,26+,27-,28+,29?,30-,32-,33-,34+/m0/s1. The summed E-state index contributed by atoms with van der Waals surface area (Å²) in [5.41, 5.74) is -1.89. The van der Waals surface area contributed by atoms with Crippen LogP contribution in [0, 0.1) is 40.4 Å². The van der Waals surface area contributed by atoms with Crippen LogP contribution in [-0.4, -0.2) is 112 Å². The molecule has 5 aliphatic carbocycles. The molecule has 4 saturated carbocycles. The van der Waals surface area contributed by atoms with Crippen molar-refractivity contribution >= 4 is 11.9 Å². The van der Waals surface area contributed by atoms with Crippen molar-refractivity contribution in [2.24, 2.45) is 40.4 Å². The first-order valence-electron chi connectivity index (χ1n) is 15.9. The van der Waals surface area contributed by atoms with Crippen LogP contribution >= 0.6 is 0 Å². The first kappa shape index (κ1) is 30.3. The number of aliphatic hydroxyl groups excluding tert-OH is 1. The van der Waals surface area contributed by atoms with Gasteiger partial charge in [0.15, 0.2) is 5.60 Å². The van der Waals surface area contributed by atoms with Gasteiger partial charge < -0.3 is 33.5 Å². The fraction of sp³-hybridized carbons (Fsp3) is 0.706. The van der Waals surface area contributed by atoms with Crippen molar-refractivity contribution in [2.45, 2.75) is 62.4 Å². The number of likely N-dealkylation sites (tertiary alicyclic amines) is 1. The van der Waals surface area contributed by atoms with E-state index in [0.29, 0.717) is 18.6 Å². The smallest absolute Gasteiger partial charge is 0.338 e. The number of esters is 2. The molecule has 10 nitrogen and oxygen atoms in total. The molecular formula is C34H45NO9. The second kappa shape index (κ2) is 10.6. The quantitative estimate of drug-likeness (QED) is 0.330. The summed E-state index contributed by atoms with van der Waals surface area (Å²) >= 11 is 0. The molecule has 1 spiro atoms. The molecule has 1 N–H and O–H groups in total. The summed E-state index contributed by atoms with van der Waals surface area (Å²) < 4.78 is 38.0. The summed E-state index contributed by atoms with van der Waals surface area (Å²) in [5, 5.41) is 12.5. The number of rotatable bonds is 9. The maximum Gasteiger partial charge on any atom is 0.338 e. The highest BCUT2D eigenvalue weighted by Gasteiger charge is 2.89. The van der Waals surface area contributed by atoms with Gasteiger partial charge in [-0.05, 0) is 31.0 Å². The molecule has 6 aliphatic rings. The molecule has 1 unspecified atom stereocenters. The van der Waals surface area contributed by atoms with E-state index in [1.165, 1.54) is 6.92 Å². The van der Waals surface area contributed by atoms with Gasteiger partial charge in [-0.2, -0.15) is 0 Å². The Morgan fingerprint density at radius 3 is 2.34 bits per heavy atom. The number of piperidine rings is 1. The zero-order valence-electron chi connectivity index (χ0n) is 26.4. The van der Waals surface area contributed by atoms with Crippen LogP contribution in [-0.2, 0) is 33.2 Å². The maximum atomic E-state index is 13.7. The van der Waals surface area contributed by atoms with Crippen LogP contribution < -0.4 is 0 Å². The number of methoxy groups -OCH3 is 4. The van der Waals surface area contributed by atoms with Gasteiger partial charge in [0, 0.05) is 82.5 Å². The SMILES string of the molecule is CCN1C[C@]2(COC)C=C[C@H](OC)[C@]34C1[C@H]([C@H](OC)[C@H]23)[C@]1(OC(C)=O)[C@H]2[C@@H](OC(=O)c3ccccc3)[C@H](C[C@H]24)[C@@H](OC)[C@@H]1O. The summed E-state index contributed by atoms with van der Waals surface area (Å²) in [7, 11) is 6.77. The Labute approximate surface area is 258 Å². The molecule has 1 aromatic rings. The number of hydrogen-bond donors (Lipinski definition) is 1. The Balaban J connectivity index is 1.50.